The molecular weight excluding hydrogens is 348 g/mol. The van der Waals surface area contributed by atoms with Crippen LogP contribution in [-0.4, -0.2) is 39.3 Å². The second kappa shape index (κ2) is 7.21. The number of hydrogen-bond donors (Lipinski definition) is 1. The van der Waals surface area contributed by atoms with E-state index in [0.29, 0.717) is 5.92 Å². The zero-order chi connectivity index (χ0) is 20.0. The van der Waals surface area contributed by atoms with E-state index in [2.05, 4.69) is 55.5 Å². The molecule has 148 valence electrons. The number of piperidine rings is 1. The Kier molecular flexibility index (Phi) is 4.88. The fourth-order valence-electron chi connectivity index (χ4n) is 4.67. The molecule has 0 atom stereocenters. The molecule has 1 saturated heterocycles. The highest BCUT2D eigenvalue weighted by Crippen LogP contribution is 2.34. The summed E-state index contributed by atoms with van der Waals surface area (Å²) in [6, 6.07) is 4.47. The van der Waals surface area contributed by atoms with Crippen LogP contribution in [0.2, 0.25) is 0 Å². The molecule has 5 nitrogen and oxygen atoms in total. The van der Waals surface area contributed by atoms with Gasteiger partial charge in [-0.25, -0.2) is 9.97 Å². The largest absolute Gasteiger partial charge is 0.396 e. The normalized spacial score (nSPS) is 15.6. The number of hydrogen-bond acceptors (Lipinski definition) is 4. The Morgan fingerprint density at radius 1 is 0.964 bits per heavy atom. The highest BCUT2D eigenvalue weighted by Gasteiger charge is 2.24. The van der Waals surface area contributed by atoms with Gasteiger partial charge in [0.15, 0.2) is 5.65 Å². The van der Waals surface area contributed by atoms with Crippen molar-refractivity contribution in [2.75, 3.05) is 24.6 Å². The van der Waals surface area contributed by atoms with Gasteiger partial charge in [-0.2, -0.15) is 0 Å². The van der Waals surface area contributed by atoms with Crippen molar-refractivity contribution >= 4 is 16.9 Å². The molecule has 28 heavy (non-hydrogen) atoms. The van der Waals surface area contributed by atoms with Crippen LogP contribution in [0.15, 0.2) is 18.3 Å². The van der Waals surface area contributed by atoms with Gasteiger partial charge in [0, 0.05) is 25.9 Å². The molecule has 1 N–H and O–H groups in total. The van der Waals surface area contributed by atoms with Gasteiger partial charge >= 0.3 is 0 Å². The van der Waals surface area contributed by atoms with E-state index in [1.165, 1.54) is 27.9 Å². The second-order valence-electron chi connectivity index (χ2n) is 8.34. The van der Waals surface area contributed by atoms with E-state index in [4.69, 9.17) is 9.97 Å². The van der Waals surface area contributed by atoms with Crippen LogP contribution in [-0.2, 0) is 0 Å². The zero-order valence-corrected chi connectivity index (χ0v) is 17.6. The summed E-state index contributed by atoms with van der Waals surface area (Å²) in [5, 5.41) is 10.6. The quantitative estimate of drug-likeness (QED) is 0.743. The molecule has 2 aromatic heterocycles. The van der Waals surface area contributed by atoms with Crippen LogP contribution in [0.4, 0.5) is 5.82 Å². The Hall–Kier alpha value is -2.40. The lowest BCUT2D eigenvalue weighted by molar-refractivity contribution is 0.203. The van der Waals surface area contributed by atoms with Crippen molar-refractivity contribution in [2.45, 2.75) is 47.5 Å². The number of nitrogens with zero attached hydrogens (tertiary/aromatic N) is 4. The zero-order valence-electron chi connectivity index (χ0n) is 17.6. The molecule has 3 aromatic rings. The fraction of sp³-hybridized carbons (Fsp3) is 0.478. The lowest BCUT2D eigenvalue weighted by atomic mass is 9.98. The Bertz CT molecular complexity index is 1010. The van der Waals surface area contributed by atoms with Gasteiger partial charge in [0.1, 0.15) is 11.6 Å². The first-order valence-electron chi connectivity index (χ1n) is 10.2. The third-order valence-electron chi connectivity index (χ3n) is 5.98. The first-order chi connectivity index (χ1) is 13.4. The summed E-state index contributed by atoms with van der Waals surface area (Å²) < 4.78 is 2.24. The Labute approximate surface area is 167 Å². The predicted molar refractivity (Wildman–Crippen MR) is 115 cm³/mol. The average molecular weight is 379 g/mol. The van der Waals surface area contributed by atoms with Gasteiger partial charge in [0.2, 0.25) is 0 Å². The van der Waals surface area contributed by atoms with Crippen LogP contribution >= 0.6 is 0 Å². The first-order valence-corrected chi connectivity index (χ1v) is 10.2. The molecule has 0 amide bonds. The van der Waals surface area contributed by atoms with Crippen LogP contribution in [0.5, 0.6) is 0 Å². The van der Waals surface area contributed by atoms with Gasteiger partial charge in [-0.3, -0.25) is 0 Å². The molecule has 3 heterocycles. The molecule has 0 spiro atoms. The monoisotopic (exact) mass is 378 g/mol. The summed E-state index contributed by atoms with van der Waals surface area (Å²) in [6.07, 6.45) is 4.22. The Morgan fingerprint density at radius 3 is 2.21 bits per heavy atom. The summed E-state index contributed by atoms with van der Waals surface area (Å²) >= 11 is 0. The number of aliphatic hydroxyl groups is 1. The molecule has 5 heteroatoms. The molecule has 1 aliphatic rings. The molecule has 1 aromatic carbocycles. The summed E-state index contributed by atoms with van der Waals surface area (Å²) in [4.78, 5) is 12.1. The number of aryl methyl sites for hydroxylation is 5. The number of fused-ring (bicyclic) bond motifs is 1. The van der Waals surface area contributed by atoms with Crippen molar-refractivity contribution in [1.29, 1.82) is 0 Å². The Balaban J connectivity index is 1.88. The number of benzene rings is 1. The molecule has 0 aliphatic carbocycles. The summed E-state index contributed by atoms with van der Waals surface area (Å²) in [7, 11) is 0. The van der Waals surface area contributed by atoms with E-state index in [9.17, 15) is 5.11 Å². The van der Waals surface area contributed by atoms with Gasteiger partial charge in [-0.1, -0.05) is 17.7 Å². The van der Waals surface area contributed by atoms with Crippen LogP contribution in [0.1, 0.15) is 40.9 Å². The molecule has 0 saturated carbocycles. The van der Waals surface area contributed by atoms with Crippen molar-refractivity contribution in [3.63, 3.8) is 0 Å². The topological polar surface area (TPSA) is 54.2 Å². The predicted octanol–water partition coefficient (Wildman–Crippen LogP) is 4.17. The van der Waals surface area contributed by atoms with Gasteiger partial charge in [0.25, 0.3) is 0 Å². The van der Waals surface area contributed by atoms with E-state index >= 15 is 0 Å². The van der Waals surface area contributed by atoms with Crippen LogP contribution in [0.3, 0.4) is 0 Å². The van der Waals surface area contributed by atoms with Crippen LogP contribution < -0.4 is 4.90 Å². The minimum Gasteiger partial charge on any atom is -0.396 e. The highest BCUT2D eigenvalue weighted by molar-refractivity contribution is 5.92. The SMILES string of the molecule is Cc1cc(C)c(-n2cc(C)c3c(N4CCC(CO)CC4)nc(C)nc32)c(C)c1. The summed E-state index contributed by atoms with van der Waals surface area (Å²) in [5.41, 5.74) is 7.21. The van der Waals surface area contributed by atoms with E-state index in [-0.39, 0.29) is 6.61 Å². The van der Waals surface area contributed by atoms with Crippen molar-refractivity contribution in [3.8, 4) is 5.69 Å². The highest BCUT2D eigenvalue weighted by atomic mass is 16.3. The molecule has 1 aliphatic heterocycles. The molecule has 4 rings (SSSR count). The van der Waals surface area contributed by atoms with Crippen LogP contribution in [0, 0.1) is 40.5 Å². The average Bonchev–Trinajstić information content (AvgIpc) is 2.96. The molecule has 0 bridgehead atoms. The fourth-order valence-corrected chi connectivity index (χ4v) is 4.67. The van der Waals surface area contributed by atoms with Gasteiger partial charge in [-0.05, 0) is 70.1 Å². The first kappa shape index (κ1) is 18.9. The van der Waals surface area contributed by atoms with Crippen molar-refractivity contribution in [3.05, 3.63) is 46.4 Å². The maximum Gasteiger partial charge on any atom is 0.150 e. The third-order valence-corrected chi connectivity index (χ3v) is 5.98. The lowest BCUT2D eigenvalue weighted by Crippen LogP contribution is -2.35. The van der Waals surface area contributed by atoms with Crippen LogP contribution in [0.25, 0.3) is 16.7 Å². The number of aromatic nitrogens is 3. The number of rotatable bonds is 3. The second-order valence-corrected chi connectivity index (χ2v) is 8.34. The summed E-state index contributed by atoms with van der Waals surface area (Å²) in [6.45, 7) is 12.8. The molecule has 0 radical (unpaired) electrons. The van der Waals surface area contributed by atoms with E-state index in [0.717, 1.165) is 48.6 Å². The lowest BCUT2D eigenvalue weighted by Gasteiger charge is -2.32. The third kappa shape index (κ3) is 3.18. The molecular formula is C23H30N4O. The standard InChI is InChI=1S/C23H30N4O/c1-14-10-15(2)21(16(3)11-14)27-12-17(4)20-22(24-18(5)25-23(20)27)26-8-6-19(13-28)7-9-26/h10-12,19,28H,6-9,13H2,1-5H3. The van der Waals surface area contributed by atoms with Gasteiger partial charge in [-0.15, -0.1) is 0 Å². The Morgan fingerprint density at radius 2 is 1.61 bits per heavy atom. The van der Waals surface area contributed by atoms with Crippen molar-refractivity contribution in [1.82, 2.24) is 14.5 Å². The maximum absolute atomic E-state index is 9.46. The van der Waals surface area contributed by atoms with Crippen molar-refractivity contribution < 1.29 is 5.11 Å². The van der Waals surface area contributed by atoms with Gasteiger partial charge < -0.3 is 14.6 Å². The van der Waals surface area contributed by atoms with Gasteiger partial charge in [0.05, 0.1) is 11.1 Å². The smallest absolute Gasteiger partial charge is 0.150 e. The van der Waals surface area contributed by atoms with E-state index in [1.807, 2.05) is 6.92 Å². The maximum atomic E-state index is 9.46. The minimum atomic E-state index is 0.285. The number of anilines is 1. The van der Waals surface area contributed by atoms with Crippen molar-refractivity contribution in [2.24, 2.45) is 5.92 Å². The molecule has 1 fully saturated rings. The minimum absolute atomic E-state index is 0.285. The van der Waals surface area contributed by atoms with E-state index in [1.54, 1.807) is 0 Å². The summed E-state index contributed by atoms with van der Waals surface area (Å²) in [5.74, 6) is 2.25. The van der Waals surface area contributed by atoms with E-state index < -0.39 is 0 Å². The molecule has 0 unspecified atom stereocenters. The number of aliphatic hydroxyl groups excluding tert-OH is 1.